The number of quaternary nitrogens is 1. The van der Waals surface area contributed by atoms with Gasteiger partial charge in [-0.15, -0.1) is 0 Å². The molecule has 18 heavy (non-hydrogen) atoms. The molecule has 0 bridgehead atoms. The van der Waals surface area contributed by atoms with E-state index < -0.39 is 22.0 Å². The first-order valence-electron chi connectivity index (χ1n) is 6.77. The molecular weight excluding hydrogens is 254 g/mol. The zero-order valence-corrected chi connectivity index (χ0v) is 12.6. The molecule has 110 valence electrons. The number of aliphatic hydroxyl groups excluding tert-OH is 1. The summed E-state index contributed by atoms with van der Waals surface area (Å²) < 4.78 is 31.1. The standard InChI is InChI=1S/C12H27NO4S/c1-4-7-13(8-5-2,9-6-3)10-12(14)11-18(15,16)17/h12,14H,4-11H2,1-3H3/p+1. The molecule has 0 aliphatic heterocycles. The molecule has 0 aliphatic rings. The summed E-state index contributed by atoms with van der Waals surface area (Å²) >= 11 is 0. The number of aliphatic hydroxyl groups is 1. The SMILES string of the molecule is CCC[N+](CCC)(CCC)CC(O)CS(=O)(=O)O. The molecular formula is C12H28NO4S+. The van der Waals surface area contributed by atoms with E-state index in [9.17, 15) is 13.5 Å². The van der Waals surface area contributed by atoms with Gasteiger partial charge in [0, 0.05) is 0 Å². The van der Waals surface area contributed by atoms with Crippen molar-refractivity contribution in [2.75, 3.05) is 31.9 Å². The first kappa shape index (κ1) is 17.8. The van der Waals surface area contributed by atoms with Crippen molar-refractivity contribution in [1.29, 1.82) is 0 Å². The molecule has 0 amide bonds. The molecule has 0 aromatic rings. The van der Waals surface area contributed by atoms with E-state index in [0.717, 1.165) is 43.4 Å². The Kier molecular flexibility index (Phi) is 8.02. The van der Waals surface area contributed by atoms with Crippen LogP contribution < -0.4 is 0 Å². The maximum absolute atomic E-state index is 10.8. The van der Waals surface area contributed by atoms with E-state index in [4.69, 9.17) is 4.55 Å². The molecule has 0 spiro atoms. The Labute approximate surface area is 111 Å². The highest BCUT2D eigenvalue weighted by molar-refractivity contribution is 7.85. The van der Waals surface area contributed by atoms with Gasteiger partial charge in [0.05, 0.1) is 19.6 Å². The highest BCUT2D eigenvalue weighted by atomic mass is 32.2. The van der Waals surface area contributed by atoms with Crippen molar-refractivity contribution in [3.63, 3.8) is 0 Å². The zero-order valence-electron chi connectivity index (χ0n) is 11.8. The highest BCUT2D eigenvalue weighted by Gasteiger charge is 2.29. The fraction of sp³-hybridized carbons (Fsp3) is 1.00. The molecule has 0 rings (SSSR count). The van der Waals surface area contributed by atoms with E-state index in [1.54, 1.807) is 0 Å². The molecule has 1 unspecified atom stereocenters. The Balaban J connectivity index is 4.73. The largest absolute Gasteiger partial charge is 0.386 e. The van der Waals surface area contributed by atoms with Gasteiger partial charge in [0.25, 0.3) is 10.1 Å². The summed E-state index contributed by atoms with van der Waals surface area (Å²) in [5.41, 5.74) is 0. The predicted octanol–water partition coefficient (Wildman–Crippen LogP) is 1.28. The van der Waals surface area contributed by atoms with Crippen LogP contribution in [-0.2, 0) is 10.1 Å². The normalized spacial score (nSPS) is 14.7. The van der Waals surface area contributed by atoms with Crippen molar-refractivity contribution in [3.8, 4) is 0 Å². The minimum Gasteiger partial charge on any atom is -0.386 e. The molecule has 2 N–H and O–H groups in total. The molecule has 1 atom stereocenters. The van der Waals surface area contributed by atoms with Gasteiger partial charge < -0.3 is 9.59 Å². The van der Waals surface area contributed by atoms with Crippen molar-refractivity contribution >= 4 is 10.1 Å². The number of nitrogens with zero attached hydrogens (tertiary/aromatic N) is 1. The van der Waals surface area contributed by atoms with Gasteiger partial charge in [0.1, 0.15) is 18.4 Å². The minimum atomic E-state index is -4.10. The van der Waals surface area contributed by atoms with Crippen molar-refractivity contribution in [3.05, 3.63) is 0 Å². The number of hydrogen-bond donors (Lipinski definition) is 2. The first-order valence-corrected chi connectivity index (χ1v) is 8.37. The first-order chi connectivity index (χ1) is 8.28. The minimum absolute atomic E-state index is 0.398. The summed E-state index contributed by atoms with van der Waals surface area (Å²) in [5, 5.41) is 9.85. The van der Waals surface area contributed by atoms with Gasteiger partial charge in [-0.2, -0.15) is 8.42 Å². The Morgan fingerprint density at radius 3 is 1.67 bits per heavy atom. The van der Waals surface area contributed by atoms with Gasteiger partial charge in [-0.3, -0.25) is 4.55 Å². The number of rotatable bonds is 10. The summed E-state index contributed by atoms with van der Waals surface area (Å²) in [4.78, 5) is 0. The molecule has 6 heteroatoms. The van der Waals surface area contributed by atoms with E-state index in [1.807, 2.05) is 0 Å². The van der Waals surface area contributed by atoms with Gasteiger partial charge in [-0.05, 0) is 19.3 Å². The lowest BCUT2D eigenvalue weighted by Gasteiger charge is -2.39. The Bertz CT molecular complexity index is 299. The van der Waals surface area contributed by atoms with E-state index in [-0.39, 0.29) is 0 Å². The van der Waals surface area contributed by atoms with Gasteiger partial charge >= 0.3 is 0 Å². The molecule has 0 radical (unpaired) electrons. The maximum Gasteiger partial charge on any atom is 0.267 e. The van der Waals surface area contributed by atoms with Crippen LogP contribution in [0.4, 0.5) is 0 Å². The molecule has 0 aliphatic carbocycles. The van der Waals surface area contributed by atoms with Gasteiger partial charge in [-0.25, -0.2) is 0 Å². The lowest BCUT2D eigenvalue weighted by molar-refractivity contribution is -0.930. The van der Waals surface area contributed by atoms with Crippen LogP contribution in [0, 0.1) is 0 Å². The number of hydrogen-bond acceptors (Lipinski definition) is 3. The van der Waals surface area contributed by atoms with Crippen LogP contribution in [0.5, 0.6) is 0 Å². The summed E-state index contributed by atoms with van der Waals surface area (Å²) in [6.45, 7) is 9.47. The van der Waals surface area contributed by atoms with Gasteiger partial charge in [0.15, 0.2) is 0 Å². The van der Waals surface area contributed by atoms with Crippen LogP contribution in [-0.4, -0.2) is 60.6 Å². The van der Waals surface area contributed by atoms with Gasteiger partial charge in [-0.1, -0.05) is 20.8 Å². The van der Waals surface area contributed by atoms with Crippen LogP contribution in [0.15, 0.2) is 0 Å². The van der Waals surface area contributed by atoms with Crippen molar-refractivity contribution in [1.82, 2.24) is 0 Å². The molecule has 0 heterocycles. The quantitative estimate of drug-likeness (QED) is 0.467. The third-order valence-electron chi connectivity index (χ3n) is 3.09. The maximum atomic E-state index is 10.8. The van der Waals surface area contributed by atoms with Crippen molar-refractivity contribution < 1.29 is 22.6 Å². The van der Waals surface area contributed by atoms with Gasteiger partial charge in [0.2, 0.25) is 0 Å². The van der Waals surface area contributed by atoms with E-state index >= 15 is 0 Å². The average Bonchev–Trinajstić information content (AvgIpc) is 2.15. The molecule has 0 aromatic heterocycles. The molecule has 0 saturated carbocycles. The predicted molar refractivity (Wildman–Crippen MR) is 73.0 cm³/mol. The Hall–Kier alpha value is -0.170. The smallest absolute Gasteiger partial charge is 0.267 e. The highest BCUT2D eigenvalue weighted by Crippen LogP contribution is 2.13. The summed E-state index contributed by atoms with van der Waals surface area (Å²) in [5.74, 6) is -0.565. The van der Waals surface area contributed by atoms with E-state index in [2.05, 4.69) is 20.8 Å². The molecule has 5 nitrogen and oxygen atoms in total. The zero-order chi connectivity index (χ0) is 14.2. The Morgan fingerprint density at radius 2 is 1.39 bits per heavy atom. The van der Waals surface area contributed by atoms with Crippen LogP contribution in [0.1, 0.15) is 40.0 Å². The van der Waals surface area contributed by atoms with Crippen molar-refractivity contribution in [2.45, 2.75) is 46.1 Å². The third-order valence-corrected chi connectivity index (χ3v) is 3.90. The average molecular weight is 282 g/mol. The monoisotopic (exact) mass is 282 g/mol. The van der Waals surface area contributed by atoms with Crippen molar-refractivity contribution in [2.24, 2.45) is 0 Å². The fourth-order valence-corrected chi connectivity index (χ4v) is 3.37. The van der Waals surface area contributed by atoms with E-state index in [0.29, 0.717) is 6.54 Å². The summed E-state index contributed by atoms with van der Waals surface area (Å²) in [7, 11) is -4.10. The molecule has 0 aromatic carbocycles. The molecule has 0 saturated heterocycles. The Morgan fingerprint density at radius 1 is 1.00 bits per heavy atom. The van der Waals surface area contributed by atoms with Crippen LogP contribution in [0.25, 0.3) is 0 Å². The third kappa shape index (κ3) is 7.31. The molecule has 0 fully saturated rings. The van der Waals surface area contributed by atoms with E-state index in [1.165, 1.54) is 0 Å². The topological polar surface area (TPSA) is 74.6 Å². The fourth-order valence-electron chi connectivity index (χ4n) is 2.78. The second kappa shape index (κ2) is 8.09. The van der Waals surface area contributed by atoms with Crippen LogP contribution >= 0.6 is 0 Å². The van der Waals surface area contributed by atoms with Crippen LogP contribution in [0.3, 0.4) is 0 Å². The van der Waals surface area contributed by atoms with Crippen LogP contribution in [0.2, 0.25) is 0 Å². The lowest BCUT2D eigenvalue weighted by atomic mass is 10.2. The second-order valence-corrected chi connectivity index (χ2v) is 6.59. The lowest BCUT2D eigenvalue weighted by Crippen LogP contribution is -2.54. The summed E-state index contributed by atoms with van der Waals surface area (Å²) in [6, 6.07) is 0. The second-order valence-electron chi connectivity index (χ2n) is 5.10. The summed E-state index contributed by atoms with van der Waals surface area (Å²) in [6.07, 6.45) is 2.00.